The largest absolute Gasteiger partial charge is 0.492 e. The maximum atomic E-state index is 13.1. The average molecular weight is 394 g/mol. The molecule has 0 bridgehead atoms. The van der Waals surface area contributed by atoms with Crippen LogP contribution in [0.4, 0.5) is 10.1 Å². The van der Waals surface area contributed by atoms with E-state index in [9.17, 15) is 9.18 Å². The number of carbonyl (C=O) groups is 1. The van der Waals surface area contributed by atoms with Crippen molar-refractivity contribution in [3.8, 4) is 23.0 Å². The van der Waals surface area contributed by atoms with Gasteiger partial charge in [0.2, 0.25) is 5.82 Å². The lowest BCUT2D eigenvalue weighted by atomic mass is 10.3. The van der Waals surface area contributed by atoms with E-state index in [2.05, 4.69) is 25.8 Å². The molecule has 4 rings (SSSR count). The second-order valence-electron chi connectivity index (χ2n) is 5.83. The number of rotatable bonds is 6. The van der Waals surface area contributed by atoms with Crippen LogP contribution >= 0.6 is 0 Å². The van der Waals surface area contributed by atoms with Gasteiger partial charge in [0.15, 0.2) is 5.69 Å². The molecule has 0 saturated carbocycles. The molecule has 0 aliphatic rings. The van der Waals surface area contributed by atoms with Gasteiger partial charge in [0.25, 0.3) is 0 Å². The Bertz CT molecular complexity index is 1140. The van der Waals surface area contributed by atoms with Gasteiger partial charge in [-0.1, -0.05) is 22.5 Å². The molecular formula is C19H15FN6O3. The van der Waals surface area contributed by atoms with Crippen molar-refractivity contribution in [2.24, 2.45) is 0 Å². The van der Waals surface area contributed by atoms with E-state index in [1.165, 1.54) is 16.8 Å². The molecule has 0 aliphatic carbocycles. The number of benzene rings is 2. The zero-order valence-corrected chi connectivity index (χ0v) is 15.2. The third-order valence-corrected chi connectivity index (χ3v) is 3.87. The Hall–Kier alpha value is -4.08. The summed E-state index contributed by atoms with van der Waals surface area (Å²) in [5.41, 5.74) is 1.40. The van der Waals surface area contributed by atoms with Crippen LogP contribution in [0.3, 0.4) is 0 Å². The summed E-state index contributed by atoms with van der Waals surface area (Å²) in [4.78, 5) is 16.5. The van der Waals surface area contributed by atoms with E-state index < -0.39 is 5.91 Å². The molecule has 9 nitrogen and oxygen atoms in total. The highest BCUT2D eigenvalue weighted by Crippen LogP contribution is 2.24. The Morgan fingerprint density at radius 2 is 2.00 bits per heavy atom. The van der Waals surface area contributed by atoms with Crippen LogP contribution in [0.5, 0.6) is 5.75 Å². The van der Waals surface area contributed by atoms with E-state index in [1.807, 2.05) is 6.92 Å². The van der Waals surface area contributed by atoms with Gasteiger partial charge in [0, 0.05) is 0 Å². The van der Waals surface area contributed by atoms with Crippen LogP contribution in [0.25, 0.3) is 17.2 Å². The molecule has 0 aliphatic heterocycles. The van der Waals surface area contributed by atoms with E-state index in [0.29, 0.717) is 29.4 Å². The molecule has 10 heteroatoms. The third-order valence-electron chi connectivity index (χ3n) is 3.87. The van der Waals surface area contributed by atoms with Gasteiger partial charge in [0.1, 0.15) is 11.6 Å². The molecule has 2 aromatic heterocycles. The molecule has 0 radical (unpaired) electrons. The summed E-state index contributed by atoms with van der Waals surface area (Å²) < 4.78 is 25.0. The molecule has 0 fully saturated rings. The molecule has 0 saturated heterocycles. The number of hydrogen-bond donors (Lipinski definition) is 1. The van der Waals surface area contributed by atoms with Gasteiger partial charge in [-0.05, 0) is 43.3 Å². The maximum Gasteiger partial charge on any atom is 0.316 e. The molecule has 146 valence electrons. The van der Waals surface area contributed by atoms with Crippen LogP contribution in [0.2, 0.25) is 0 Å². The molecule has 0 atom stereocenters. The highest BCUT2D eigenvalue weighted by molar-refractivity contribution is 6.01. The number of amides is 1. The molecule has 1 N–H and O–H groups in total. The highest BCUT2D eigenvalue weighted by atomic mass is 19.1. The lowest BCUT2D eigenvalue weighted by Crippen LogP contribution is -2.13. The van der Waals surface area contributed by atoms with Crippen LogP contribution in [0.1, 0.15) is 17.6 Å². The normalized spacial score (nSPS) is 10.7. The van der Waals surface area contributed by atoms with Crippen molar-refractivity contribution in [1.29, 1.82) is 0 Å². The minimum absolute atomic E-state index is 0.0987. The third kappa shape index (κ3) is 3.95. The number of nitrogens with one attached hydrogen (secondary N) is 1. The number of hydrogen-bond acceptors (Lipinski definition) is 7. The second kappa shape index (κ2) is 7.89. The molecule has 1 amide bonds. The topological polar surface area (TPSA) is 108 Å². The average Bonchev–Trinajstić information content (AvgIpc) is 3.40. The number of carbonyl (C=O) groups excluding carboxylic acids is 1. The van der Waals surface area contributed by atoms with Gasteiger partial charge in [-0.3, -0.25) is 4.79 Å². The van der Waals surface area contributed by atoms with Crippen molar-refractivity contribution in [3.05, 3.63) is 66.4 Å². The summed E-state index contributed by atoms with van der Waals surface area (Å²) in [6, 6.07) is 12.8. The van der Waals surface area contributed by atoms with Gasteiger partial charge in [-0.2, -0.15) is 4.98 Å². The number of halogens is 1. The van der Waals surface area contributed by atoms with Gasteiger partial charge in [0.05, 0.1) is 24.2 Å². The van der Waals surface area contributed by atoms with Crippen LogP contribution < -0.4 is 10.1 Å². The van der Waals surface area contributed by atoms with Gasteiger partial charge < -0.3 is 14.6 Å². The fourth-order valence-electron chi connectivity index (χ4n) is 2.53. The smallest absolute Gasteiger partial charge is 0.316 e. The SMILES string of the molecule is CCOc1ccccc1NC(=O)c1nc(-c2cn(-c3ccc(F)cc3)nn2)no1. The Labute approximate surface area is 164 Å². The Morgan fingerprint density at radius 1 is 1.21 bits per heavy atom. The van der Waals surface area contributed by atoms with Crippen molar-refractivity contribution in [2.75, 3.05) is 11.9 Å². The molecule has 2 aromatic carbocycles. The predicted octanol–water partition coefficient (Wildman–Crippen LogP) is 3.11. The van der Waals surface area contributed by atoms with Crippen molar-refractivity contribution in [1.82, 2.24) is 25.1 Å². The number of para-hydroxylation sites is 2. The number of anilines is 1. The molecule has 29 heavy (non-hydrogen) atoms. The van der Waals surface area contributed by atoms with Crippen molar-refractivity contribution < 1.29 is 18.4 Å². The monoisotopic (exact) mass is 394 g/mol. The number of ether oxygens (including phenoxy) is 1. The summed E-state index contributed by atoms with van der Waals surface area (Å²) in [7, 11) is 0. The van der Waals surface area contributed by atoms with Crippen LogP contribution in [-0.2, 0) is 0 Å². The first-order valence-electron chi connectivity index (χ1n) is 8.69. The lowest BCUT2D eigenvalue weighted by molar-refractivity contribution is 0.0981. The fraction of sp³-hybridized carbons (Fsp3) is 0.105. The first-order valence-corrected chi connectivity index (χ1v) is 8.69. The van der Waals surface area contributed by atoms with E-state index in [1.54, 1.807) is 42.6 Å². The zero-order chi connectivity index (χ0) is 20.2. The van der Waals surface area contributed by atoms with Crippen LogP contribution in [0, 0.1) is 5.82 Å². The standard InChI is InChI=1S/C19H15FN6O3/c1-2-28-16-6-4-3-5-14(16)21-18(27)19-22-17(24-29-19)15-11-26(25-23-15)13-9-7-12(20)8-10-13/h3-11H,2H2,1H3,(H,21,27). The van der Waals surface area contributed by atoms with Crippen molar-refractivity contribution >= 4 is 11.6 Å². The van der Waals surface area contributed by atoms with Crippen molar-refractivity contribution in [2.45, 2.75) is 6.92 Å². The molecule has 0 unspecified atom stereocenters. The number of aromatic nitrogens is 5. The minimum atomic E-state index is -0.582. The minimum Gasteiger partial charge on any atom is -0.492 e. The molecule has 4 aromatic rings. The van der Waals surface area contributed by atoms with Crippen LogP contribution in [0.15, 0.2) is 59.3 Å². The van der Waals surface area contributed by atoms with Gasteiger partial charge in [-0.15, -0.1) is 5.10 Å². The molecular weight excluding hydrogens is 379 g/mol. The highest BCUT2D eigenvalue weighted by Gasteiger charge is 2.19. The van der Waals surface area contributed by atoms with E-state index in [0.717, 1.165) is 0 Å². The zero-order valence-electron chi connectivity index (χ0n) is 15.2. The van der Waals surface area contributed by atoms with Gasteiger partial charge in [-0.25, -0.2) is 9.07 Å². The lowest BCUT2D eigenvalue weighted by Gasteiger charge is -2.09. The van der Waals surface area contributed by atoms with E-state index in [-0.39, 0.29) is 17.5 Å². The summed E-state index contributed by atoms with van der Waals surface area (Å²) in [6.07, 6.45) is 1.55. The van der Waals surface area contributed by atoms with Crippen LogP contribution in [-0.4, -0.2) is 37.6 Å². The quantitative estimate of drug-likeness (QED) is 0.535. The summed E-state index contributed by atoms with van der Waals surface area (Å²) in [5, 5.41) is 14.4. The summed E-state index contributed by atoms with van der Waals surface area (Å²) in [5.74, 6) is -0.537. The summed E-state index contributed by atoms with van der Waals surface area (Å²) in [6.45, 7) is 2.31. The molecule has 2 heterocycles. The van der Waals surface area contributed by atoms with Crippen molar-refractivity contribution in [3.63, 3.8) is 0 Å². The summed E-state index contributed by atoms with van der Waals surface area (Å²) >= 11 is 0. The number of nitrogens with zero attached hydrogens (tertiary/aromatic N) is 5. The van der Waals surface area contributed by atoms with Gasteiger partial charge >= 0.3 is 11.8 Å². The van der Waals surface area contributed by atoms with E-state index in [4.69, 9.17) is 9.26 Å². The fourth-order valence-corrected chi connectivity index (χ4v) is 2.53. The Morgan fingerprint density at radius 3 is 2.79 bits per heavy atom. The second-order valence-corrected chi connectivity index (χ2v) is 5.83. The Balaban J connectivity index is 1.51. The molecule has 0 spiro atoms. The predicted molar refractivity (Wildman–Crippen MR) is 100 cm³/mol. The Kier molecular flexibility index (Phi) is 4.97. The van der Waals surface area contributed by atoms with E-state index >= 15 is 0 Å². The first kappa shape index (κ1) is 18.3. The maximum absolute atomic E-state index is 13.1. The first-order chi connectivity index (χ1) is 14.1.